The Morgan fingerprint density at radius 3 is 1.75 bits per heavy atom. The third-order valence-corrected chi connectivity index (χ3v) is 11.2. The third kappa shape index (κ3) is 3.36. The zero-order chi connectivity index (χ0) is 34.0. The minimum absolute atomic E-state index is 0.772. The average Bonchev–Trinajstić information content (AvgIpc) is 3.82. The van der Waals surface area contributed by atoms with Gasteiger partial charge in [-0.25, -0.2) is 0 Å². The molecule has 6 nitrogen and oxygen atoms in total. The Labute approximate surface area is 297 Å². The molecule has 2 aliphatic rings. The molecular weight excluding hydrogens is 639 g/mol. The van der Waals surface area contributed by atoms with Crippen LogP contribution in [0.25, 0.3) is 66.4 Å². The summed E-state index contributed by atoms with van der Waals surface area (Å²) in [6, 6.07) is 49.6. The number of ether oxygens (including phenoxy) is 1. The van der Waals surface area contributed by atoms with Gasteiger partial charge in [0.2, 0.25) is 0 Å². The number of para-hydroxylation sites is 3. The van der Waals surface area contributed by atoms with Crippen molar-refractivity contribution in [1.29, 1.82) is 0 Å². The molecule has 0 unspecified atom stereocenters. The summed E-state index contributed by atoms with van der Waals surface area (Å²) in [4.78, 5) is 14.6. The SMILES string of the molecule is c1cc2c(c(-n3c4ccccc4c4ccncc43)c1)C1(c3ccc(-n4c5ccccc5c5ccccc54)cc3O2)c2cccnc2-c2ncccc21. The molecule has 0 radical (unpaired) electrons. The van der Waals surface area contributed by atoms with E-state index in [-0.39, 0.29) is 0 Å². The fraction of sp³-hybridized carbons (Fsp3) is 0.0217. The molecule has 6 heterocycles. The molecule has 0 bridgehead atoms. The lowest BCUT2D eigenvalue weighted by Gasteiger charge is -2.40. The lowest BCUT2D eigenvalue weighted by atomic mass is 9.65. The molecule has 0 amide bonds. The van der Waals surface area contributed by atoms with Gasteiger partial charge >= 0.3 is 0 Å². The van der Waals surface area contributed by atoms with E-state index in [0.717, 1.165) is 84.0 Å². The first kappa shape index (κ1) is 27.7. The molecule has 12 rings (SSSR count). The minimum Gasteiger partial charge on any atom is -0.457 e. The largest absolute Gasteiger partial charge is 0.457 e. The van der Waals surface area contributed by atoms with Crippen molar-refractivity contribution in [2.75, 3.05) is 0 Å². The molecule has 0 saturated carbocycles. The van der Waals surface area contributed by atoms with Crippen molar-refractivity contribution in [1.82, 2.24) is 24.1 Å². The molecular formula is C46H27N5O. The van der Waals surface area contributed by atoms with Crippen molar-refractivity contribution in [3.8, 4) is 34.3 Å². The summed E-state index contributed by atoms with van der Waals surface area (Å²) < 4.78 is 11.8. The number of hydrogen-bond acceptors (Lipinski definition) is 4. The van der Waals surface area contributed by atoms with Gasteiger partial charge in [0.15, 0.2) is 0 Å². The smallest absolute Gasteiger partial charge is 0.134 e. The van der Waals surface area contributed by atoms with Gasteiger partial charge in [0.25, 0.3) is 0 Å². The maximum Gasteiger partial charge on any atom is 0.134 e. The van der Waals surface area contributed by atoms with Crippen molar-refractivity contribution < 1.29 is 4.74 Å². The zero-order valence-corrected chi connectivity index (χ0v) is 27.7. The molecule has 5 aromatic carbocycles. The van der Waals surface area contributed by atoms with Gasteiger partial charge in [0.05, 0.1) is 50.8 Å². The summed E-state index contributed by atoms with van der Waals surface area (Å²) in [6.07, 6.45) is 7.58. The van der Waals surface area contributed by atoms with E-state index in [2.05, 4.69) is 142 Å². The number of hydrogen-bond donors (Lipinski definition) is 0. The Kier molecular flexibility index (Phi) is 5.34. The Hall–Kier alpha value is -7.05. The van der Waals surface area contributed by atoms with Crippen LogP contribution in [0.4, 0.5) is 0 Å². The molecule has 52 heavy (non-hydrogen) atoms. The second-order valence-electron chi connectivity index (χ2n) is 13.6. The monoisotopic (exact) mass is 665 g/mol. The van der Waals surface area contributed by atoms with Crippen LogP contribution in [0.1, 0.15) is 22.3 Å². The molecule has 0 saturated heterocycles. The lowest BCUT2D eigenvalue weighted by Crippen LogP contribution is -2.33. The molecule has 1 spiro atoms. The van der Waals surface area contributed by atoms with Crippen LogP contribution in [0, 0.1) is 0 Å². The van der Waals surface area contributed by atoms with Crippen LogP contribution >= 0.6 is 0 Å². The van der Waals surface area contributed by atoms with Crippen LogP contribution in [-0.4, -0.2) is 24.1 Å². The molecule has 0 N–H and O–H groups in total. The van der Waals surface area contributed by atoms with E-state index in [1.807, 2.05) is 36.9 Å². The van der Waals surface area contributed by atoms with Crippen LogP contribution in [0.2, 0.25) is 0 Å². The lowest BCUT2D eigenvalue weighted by molar-refractivity contribution is 0.435. The molecule has 10 aromatic rings. The number of aromatic nitrogens is 5. The number of nitrogens with zero attached hydrogens (tertiary/aromatic N) is 5. The Bertz CT molecular complexity index is 2980. The van der Waals surface area contributed by atoms with Gasteiger partial charge in [0, 0.05) is 63.0 Å². The van der Waals surface area contributed by atoms with Gasteiger partial charge in [-0.15, -0.1) is 0 Å². The maximum atomic E-state index is 7.14. The van der Waals surface area contributed by atoms with E-state index >= 15 is 0 Å². The standard InChI is InChI=1S/C46H27N5O/c1-4-15-36-29(10-1)30-11-2-5-16-37(30)50(36)28-20-21-33-42(26-28)52-41-19-7-18-39(51-38-17-6-3-12-31(38)32-22-25-47-27-40(32)51)43(41)46(33)34-13-8-23-48-44(34)45-35(46)14-9-24-49-45/h1-27H. The van der Waals surface area contributed by atoms with Crippen LogP contribution in [0.3, 0.4) is 0 Å². The van der Waals surface area contributed by atoms with E-state index in [1.54, 1.807) is 0 Å². The van der Waals surface area contributed by atoms with E-state index in [4.69, 9.17) is 14.7 Å². The summed E-state index contributed by atoms with van der Waals surface area (Å²) in [5.74, 6) is 1.60. The highest BCUT2D eigenvalue weighted by Crippen LogP contribution is 2.63. The summed E-state index contributed by atoms with van der Waals surface area (Å²) in [5, 5.41) is 4.77. The van der Waals surface area contributed by atoms with Crippen molar-refractivity contribution in [2.45, 2.75) is 5.41 Å². The maximum absolute atomic E-state index is 7.14. The first-order chi connectivity index (χ1) is 25.8. The van der Waals surface area contributed by atoms with E-state index in [0.29, 0.717) is 0 Å². The number of fused-ring (bicyclic) bond motifs is 15. The van der Waals surface area contributed by atoms with Crippen molar-refractivity contribution >= 4 is 43.6 Å². The van der Waals surface area contributed by atoms with E-state index < -0.39 is 5.41 Å². The second-order valence-corrected chi connectivity index (χ2v) is 13.6. The molecule has 0 fully saturated rings. The minimum atomic E-state index is -0.772. The Morgan fingerprint density at radius 2 is 1.08 bits per heavy atom. The highest BCUT2D eigenvalue weighted by Gasteiger charge is 2.54. The fourth-order valence-corrected chi connectivity index (χ4v) is 9.24. The predicted molar refractivity (Wildman–Crippen MR) is 206 cm³/mol. The van der Waals surface area contributed by atoms with Crippen molar-refractivity contribution in [2.24, 2.45) is 0 Å². The molecule has 5 aromatic heterocycles. The van der Waals surface area contributed by atoms with Crippen LogP contribution < -0.4 is 4.74 Å². The van der Waals surface area contributed by atoms with Gasteiger partial charge in [0.1, 0.15) is 11.5 Å². The predicted octanol–water partition coefficient (Wildman–Crippen LogP) is 10.5. The fourth-order valence-electron chi connectivity index (χ4n) is 9.24. The highest BCUT2D eigenvalue weighted by molar-refractivity contribution is 6.10. The highest BCUT2D eigenvalue weighted by atomic mass is 16.5. The molecule has 0 atom stereocenters. The van der Waals surface area contributed by atoms with E-state index in [1.165, 1.54) is 16.2 Å². The summed E-state index contributed by atoms with van der Waals surface area (Å²) in [7, 11) is 0. The average molecular weight is 666 g/mol. The summed E-state index contributed by atoms with van der Waals surface area (Å²) in [6.45, 7) is 0. The van der Waals surface area contributed by atoms with Crippen LogP contribution in [0.5, 0.6) is 11.5 Å². The molecule has 242 valence electrons. The Morgan fingerprint density at radius 1 is 0.462 bits per heavy atom. The topological polar surface area (TPSA) is 57.8 Å². The first-order valence-electron chi connectivity index (χ1n) is 17.5. The van der Waals surface area contributed by atoms with Gasteiger partial charge < -0.3 is 13.9 Å². The van der Waals surface area contributed by atoms with Crippen molar-refractivity contribution in [3.63, 3.8) is 0 Å². The van der Waals surface area contributed by atoms with E-state index in [9.17, 15) is 0 Å². The van der Waals surface area contributed by atoms with Crippen LogP contribution in [-0.2, 0) is 5.41 Å². The molecule has 1 aliphatic carbocycles. The number of rotatable bonds is 2. The summed E-state index contributed by atoms with van der Waals surface area (Å²) >= 11 is 0. The quantitative estimate of drug-likeness (QED) is 0.184. The van der Waals surface area contributed by atoms with Gasteiger partial charge in [-0.2, -0.15) is 0 Å². The van der Waals surface area contributed by atoms with Crippen molar-refractivity contribution in [3.05, 3.63) is 187 Å². The number of pyridine rings is 3. The first-order valence-corrected chi connectivity index (χ1v) is 17.5. The van der Waals surface area contributed by atoms with Gasteiger partial charge in [-0.05, 0) is 65.7 Å². The van der Waals surface area contributed by atoms with Gasteiger partial charge in [-0.1, -0.05) is 78.9 Å². The third-order valence-electron chi connectivity index (χ3n) is 11.2. The van der Waals surface area contributed by atoms with Crippen LogP contribution in [0.15, 0.2) is 164 Å². The molecule has 1 aliphatic heterocycles. The summed E-state index contributed by atoms with van der Waals surface area (Å²) in [5.41, 5.74) is 11.8. The second kappa shape index (κ2) is 10.0. The molecule has 6 heteroatoms. The normalized spacial score (nSPS) is 13.7. The Balaban J connectivity index is 1.21. The number of benzene rings is 5. The zero-order valence-electron chi connectivity index (χ0n) is 27.7. The van der Waals surface area contributed by atoms with Gasteiger partial charge in [-0.3, -0.25) is 15.0 Å².